The molecule has 2 aromatic rings. The third kappa shape index (κ3) is 2.04. The number of hydrogen-bond donors (Lipinski definition) is 2. The molecule has 0 radical (unpaired) electrons. The molecule has 3 rings (SSSR count). The first-order valence-corrected chi connectivity index (χ1v) is 6.39. The molecule has 0 unspecified atom stereocenters. The standard InChI is InChI=1S/C14H14N2O4/c17-12-9-3-1-2-4-10(9)15-13(18)11(12)14(19)16-5-7-20-8-6-16/h1-4H,5-8H2,(H2,15,17,18). The first-order chi connectivity index (χ1) is 9.68. The minimum Gasteiger partial charge on any atom is -0.506 e. The summed E-state index contributed by atoms with van der Waals surface area (Å²) in [7, 11) is 0. The molecule has 6 nitrogen and oxygen atoms in total. The molecule has 2 N–H and O–H groups in total. The number of para-hydroxylation sites is 1. The molecule has 1 aromatic heterocycles. The van der Waals surface area contributed by atoms with Gasteiger partial charge in [0.15, 0.2) is 0 Å². The summed E-state index contributed by atoms with van der Waals surface area (Å²) in [6, 6.07) is 6.83. The Morgan fingerprint density at radius 3 is 2.70 bits per heavy atom. The number of amides is 1. The first-order valence-electron chi connectivity index (χ1n) is 6.39. The molecule has 1 aromatic carbocycles. The Bertz CT molecular complexity index is 717. The number of carbonyl (C=O) groups is 1. The molecule has 0 aliphatic carbocycles. The number of benzene rings is 1. The van der Waals surface area contributed by atoms with Crippen LogP contribution in [0.5, 0.6) is 5.75 Å². The average Bonchev–Trinajstić information content (AvgIpc) is 2.48. The van der Waals surface area contributed by atoms with Crippen LogP contribution in [0.4, 0.5) is 0 Å². The monoisotopic (exact) mass is 274 g/mol. The summed E-state index contributed by atoms with van der Waals surface area (Å²) >= 11 is 0. The summed E-state index contributed by atoms with van der Waals surface area (Å²) in [6.07, 6.45) is 0. The second-order valence-electron chi connectivity index (χ2n) is 4.63. The summed E-state index contributed by atoms with van der Waals surface area (Å²) in [6.45, 7) is 1.73. The van der Waals surface area contributed by atoms with Crippen molar-refractivity contribution in [3.8, 4) is 5.75 Å². The Balaban J connectivity index is 2.11. The number of nitrogens with one attached hydrogen (secondary N) is 1. The van der Waals surface area contributed by atoms with Gasteiger partial charge in [-0.1, -0.05) is 12.1 Å². The summed E-state index contributed by atoms with van der Waals surface area (Å²) in [5.41, 5.74) is -0.267. The molecule has 20 heavy (non-hydrogen) atoms. The molecule has 0 spiro atoms. The first kappa shape index (κ1) is 12.7. The lowest BCUT2D eigenvalue weighted by Gasteiger charge is -2.26. The van der Waals surface area contributed by atoms with Gasteiger partial charge in [-0.25, -0.2) is 0 Å². The van der Waals surface area contributed by atoms with Gasteiger partial charge in [-0.15, -0.1) is 0 Å². The number of carbonyl (C=O) groups excluding carboxylic acids is 1. The van der Waals surface area contributed by atoms with E-state index in [-0.39, 0.29) is 11.3 Å². The fourth-order valence-electron chi connectivity index (χ4n) is 2.35. The van der Waals surface area contributed by atoms with Gasteiger partial charge in [-0.3, -0.25) is 9.59 Å². The van der Waals surface area contributed by atoms with Gasteiger partial charge in [0.1, 0.15) is 11.3 Å². The van der Waals surface area contributed by atoms with Crippen molar-refractivity contribution >= 4 is 16.8 Å². The SMILES string of the molecule is O=C(c1c(O)c2ccccc2[nH]c1=O)N1CCOCC1. The van der Waals surface area contributed by atoms with Gasteiger partial charge >= 0.3 is 0 Å². The highest BCUT2D eigenvalue weighted by Crippen LogP contribution is 2.25. The fourth-order valence-corrected chi connectivity index (χ4v) is 2.35. The number of aromatic nitrogens is 1. The van der Waals surface area contributed by atoms with Crippen LogP contribution in [0.15, 0.2) is 29.1 Å². The van der Waals surface area contributed by atoms with E-state index in [4.69, 9.17) is 4.74 Å². The van der Waals surface area contributed by atoms with Crippen LogP contribution in [0.3, 0.4) is 0 Å². The Kier molecular flexibility index (Phi) is 3.15. The van der Waals surface area contributed by atoms with Crippen LogP contribution < -0.4 is 5.56 Å². The number of nitrogens with zero attached hydrogens (tertiary/aromatic N) is 1. The molecule has 1 saturated heterocycles. The maximum atomic E-state index is 12.4. The summed E-state index contributed by atoms with van der Waals surface area (Å²) in [5, 5.41) is 10.7. The van der Waals surface area contributed by atoms with E-state index >= 15 is 0 Å². The van der Waals surface area contributed by atoms with Gasteiger partial charge in [0.05, 0.1) is 18.7 Å². The number of H-pyrrole nitrogens is 1. The largest absolute Gasteiger partial charge is 0.506 e. The Labute approximate surface area is 114 Å². The molecule has 0 saturated carbocycles. The highest BCUT2D eigenvalue weighted by Gasteiger charge is 2.25. The average molecular weight is 274 g/mol. The van der Waals surface area contributed by atoms with Gasteiger partial charge in [-0.05, 0) is 12.1 Å². The number of aromatic amines is 1. The van der Waals surface area contributed by atoms with Crippen molar-refractivity contribution in [3.05, 3.63) is 40.2 Å². The fraction of sp³-hybridized carbons (Fsp3) is 0.286. The van der Waals surface area contributed by atoms with E-state index in [0.717, 1.165) is 0 Å². The maximum absolute atomic E-state index is 12.4. The van der Waals surface area contributed by atoms with Gasteiger partial charge in [0, 0.05) is 18.5 Å². The number of pyridine rings is 1. The van der Waals surface area contributed by atoms with E-state index in [0.29, 0.717) is 37.2 Å². The van der Waals surface area contributed by atoms with Crippen molar-refractivity contribution in [3.63, 3.8) is 0 Å². The molecular formula is C14H14N2O4. The van der Waals surface area contributed by atoms with E-state index < -0.39 is 11.5 Å². The number of hydrogen-bond acceptors (Lipinski definition) is 4. The van der Waals surface area contributed by atoms with Crippen molar-refractivity contribution in [2.45, 2.75) is 0 Å². The topological polar surface area (TPSA) is 82.6 Å². The van der Waals surface area contributed by atoms with Crippen LogP contribution in [0.1, 0.15) is 10.4 Å². The lowest BCUT2D eigenvalue weighted by atomic mass is 10.1. The number of fused-ring (bicyclic) bond motifs is 1. The number of rotatable bonds is 1. The van der Waals surface area contributed by atoms with E-state index in [1.807, 2.05) is 0 Å². The minimum atomic E-state index is -0.572. The zero-order valence-electron chi connectivity index (χ0n) is 10.8. The van der Waals surface area contributed by atoms with Crippen molar-refractivity contribution in [1.82, 2.24) is 9.88 Å². The van der Waals surface area contributed by atoms with Crippen LogP contribution in [0, 0.1) is 0 Å². The molecule has 104 valence electrons. The van der Waals surface area contributed by atoms with Crippen molar-refractivity contribution in [2.24, 2.45) is 0 Å². The van der Waals surface area contributed by atoms with Gasteiger partial charge in [0.25, 0.3) is 11.5 Å². The second kappa shape index (κ2) is 4.97. The van der Waals surface area contributed by atoms with Crippen LogP contribution >= 0.6 is 0 Å². The number of aromatic hydroxyl groups is 1. The molecule has 1 aliphatic heterocycles. The van der Waals surface area contributed by atoms with Gasteiger partial charge < -0.3 is 19.7 Å². The van der Waals surface area contributed by atoms with Crippen LogP contribution in [-0.2, 0) is 4.74 Å². The Morgan fingerprint density at radius 2 is 1.95 bits per heavy atom. The Morgan fingerprint density at radius 1 is 1.25 bits per heavy atom. The molecule has 1 aliphatic rings. The number of ether oxygens (including phenoxy) is 1. The Hall–Kier alpha value is -2.34. The molecule has 0 atom stereocenters. The zero-order valence-corrected chi connectivity index (χ0v) is 10.8. The zero-order chi connectivity index (χ0) is 14.1. The number of morpholine rings is 1. The van der Waals surface area contributed by atoms with Crippen LogP contribution in [-0.4, -0.2) is 47.2 Å². The van der Waals surface area contributed by atoms with Gasteiger partial charge in [0.2, 0.25) is 0 Å². The van der Waals surface area contributed by atoms with Crippen molar-refractivity contribution in [1.29, 1.82) is 0 Å². The third-order valence-electron chi connectivity index (χ3n) is 3.41. The van der Waals surface area contributed by atoms with E-state index in [1.165, 1.54) is 4.90 Å². The van der Waals surface area contributed by atoms with E-state index in [9.17, 15) is 14.7 Å². The summed E-state index contributed by atoms with van der Waals surface area (Å²) in [5.74, 6) is -0.723. The van der Waals surface area contributed by atoms with Gasteiger partial charge in [-0.2, -0.15) is 0 Å². The molecule has 0 bridgehead atoms. The lowest BCUT2D eigenvalue weighted by Crippen LogP contribution is -2.42. The van der Waals surface area contributed by atoms with Crippen LogP contribution in [0.2, 0.25) is 0 Å². The second-order valence-corrected chi connectivity index (χ2v) is 4.63. The lowest BCUT2D eigenvalue weighted by molar-refractivity contribution is 0.0300. The summed E-state index contributed by atoms with van der Waals surface area (Å²) < 4.78 is 5.17. The van der Waals surface area contributed by atoms with E-state index in [1.54, 1.807) is 24.3 Å². The highest BCUT2D eigenvalue weighted by molar-refractivity contribution is 6.02. The van der Waals surface area contributed by atoms with Crippen molar-refractivity contribution in [2.75, 3.05) is 26.3 Å². The maximum Gasteiger partial charge on any atom is 0.265 e. The smallest absolute Gasteiger partial charge is 0.265 e. The molecule has 1 amide bonds. The normalized spacial score (nSPS) is 15.5. The molecule has 1 fully saturated rings. The van der Waals surface area contributed by atoms with E-state index in [2.05, 4.69) is 4.98 Å². The quantitative estimate of drug-likeness (QED) is 0.802. The molecule has 6 heteroatoms. The molecular weight excluding hydrogens is 260 g/mol. The van der Waals surface area contributed by atoms with Crippen molar-refractivity contribution < 1.29 is 14.6 Å². The highest BCUT2D eigenvalue weighted by atomic mass is 16.5. The van der Waals surface area contributed by atoms with Crippen LogP contribution in [0.25, 0.3) is 10.9 Å². The predicted molar refractivity (Wildman–Crippen MR) is 73.0 cm³/mol. The predicted octanol–water partition coefficient (Wildman–Crippen LogP) is 0.706. The minimum absolute atomic E-state index is 0.203. The third-order valence-corrected chi connectivity index (χ3v) is 3.41. The molecule has 2 heterocycles. The summed E-state index contributed by atoms with van der Waals surface area (Å²) in [4.78, 5) is 28.6.